The second kappa shape index (κ2) is 9.33. The summed E-state index contributed by atoms with van der Waals surface area (Å²) in [5.74, 6) is 1.79. The molecule has 0 spiro atoms. The van der Waals surface area contributed by atoms with Gasteiger partial charge >= 0.3 is 0 Å². The SMILES string of the molecule is CC.Cc1ccc(CSc2cnc(Nc3ccccn3)s2)cc1. The van der Waals surface area contributed by atoms with Gasteiger partial charge in [0.1, 0.15) is 5.82 Å². The molecule has 3 aromatic rings. The fourth-order valence-corrected chi connectivity index (χ4v) is 3.60. The molecule has 0 atom stereocenters. The van der Waals surface area contributed by atoms with Crippen LogP contribution in [0.5, 0.6) is 0 Å². The molecule has 0 aliphatic rings. The minimum absolute atomic E-state index is 0.821. The maximum absolute atomic E-state index is 4.38. The van der Waals surface area contributed by atoms with Gasteiger partial charge in [0.25, 0.3) is 0 Å². The Hall–Kier alpha value is -1.85. The van der Waals surface area contributed by atoms with Gasteiger partial charge in [-0.25, -0.2) is 9.97 Å². The van der Waals surface area contributed by atoms with Gasteiger partial charge in [-0.2, -0.15) is 0 Å². The highest BCUT2D eigenvalue weighted by Crippen LogP contribution is 2.31. The Bertz CT molecular complexity index is 694. The number of nitrogens with one attached hydrogen (secondary N) is 1. The van der Waals surface area contributed by atoms with Crippen LogP contribution in [0.1, 0.15) is 25.0 Å². The molecule has 1 N–H and O–H groups in total. The first-order valence-electron chi connectivity index (χ1n) is 7.62. The van der Waals surface area contributed by atoms with Gasteiger partial charge in [-0.05, 0) is 24.6 Å². The molecule has 1 aromatic carbocycles. The summed E-state index contributed by atoms with van der Waals surface area (Å²) in [6.45, 7) is 6.11. The molecule has 3 nitrogen and oxygen atoms in total. The van der Waals surface area contributed by atoms with Crippen LogP contribution in [0.4, 0.5) is 10.9 Å². The average molecular weight is 344 g/mol. The smallest absolute Gasteiger partial charge is 0.189 e. The molecule has 0 bridgehead atoms. The lowest BCUT2D eigenvalue weighted by Crippen LogP contribution is -1.90. The largest absolute Gasteiger partial charge is 0.316 e. The van der Waals surface area contributed by atoms with Gasteiger partial charge in [0.15, 0.2) is 5.13 Å². The number of aryl methyl sites for hydroxylation is 1. The van der Waals surface area contributed by atoms with Crippen molar-refractivity contribution in [1.82, 2.24) is 9.97 Å². The number of pyridine rings is 1. The predicted molar refractivity (Wildman–Crippen MR) is 102 cm³/mol. The highest BCUT2D eigenvalue weighted by molar-refractivity contribution is 8.00. The van der Waals surface area contributed by atoms with Crippen molar-refractivity contribution in [2.24, 2.45) is 0 Å². The lowest BCUT2D eigenvalue weighted by atomic mass is 10.2. The molecule has 0 unspecified atom stereocenters. The summed E-state index contributed by atoms with van der Waals surface area (Å²) in [4.78, 5) is 8.62. The van der Waals surface area contributed by atoms with E-state index >= 15 is 0 Å². The quantitative estimate of drug-likeness (QED) is 0.584. The zero-order valence-electron chi connectivity index (χ0n) is 13.6. The van der Waals surface area contributed by atoms with E-state index in [-0.39, 0.29) is 0 Å². The van der Waals surface area contributed by atoms with E-state index in [2.05, 4.69) is 46.5 Å². The van der Waals surface area contributed by atoms with E-state index in [1.807, 2.05) is 38.2 Å². The Morgan fingerprint density at radius 2 is 1.83 bits per heavy atom. The van der Waals surface area contributed by atoms with Crippen LogP contribution >= 0.6 is 23.1 Å². The summed E-state index contributed by atoms with van der Waals surface area (Å²) < 4.78 is 1.20. The molecule has 3 rings (SSSR count). The van der Waals surface area contributed by atoms with Crippen molar-refractivity contribution in [2.75, 3.05) is 5.32 Å². The summed E-state index contributed by atoms with van der Waals surface area (Å²) in [6, 6.07) is 14.4. The van der Waals surface area contributed by atoms with Crippen molar-refractivity contribution >= 4 is 34.0 Å². The number of hydrogen-bond acceptors (Lipinski definition) is 5. The first-order chi connectivity index (χ1) is 11.3. The number of thioether (sulfide) groups is 1. The van der Waals surface area contributed by atoms with Crippen LogP contribution in [-0.4, -0.2) is 9.97 Å². The second-order valence-electron chi connectivity index (χ2n) is 4.60. The first kappa shape index (κ1) is 17.5. The van der Waals surface area contributed by atoms with Crippen molar-refractivity contribution in [3.05, 3.63) is 66.0 Å². The summed E-state index contributed by atoms with van der Waals surface area (Å²) in [6.07, 6.45) is 3.68. The Labute approximate surface area is 146 Å². The average Bonchev–Trinajstić information content (AvgIpc) is 3.04. The normalized spacial score (nSPS) is 9.87. The monoisotopic (exact) mass is 343 g/mol. The van der Waals surface area contributed by atoms with E-state index < -0.39 is 0 Å². The van der Waals surface area contributed by atoms with Gasteiger partial charge < -0.3 is 5.32 Å². The fraction of sp³-hybridized carbons (Fsp3) is 0.222. The van der Waals surface area contributed by atoms with Crippen molar-refractivity contribution in [3.63, 3.8) is 0 Å². The van der Waals surface area contributed by atoms with Gasteiger partial charge in [-0.1, -0.05) is 61.1 Å². The molecule has 0 radical (unpaired) electrons. The van der Waals surface area contributed by atoms with Crippen LogP contribution in [0, 0.1) is 6.92 Å². The third kappa shape index (κ3) is 5.69. The van der Waals surface area contributed by atoms with Gasteiger partial charge in [-0.3, -0.25) is 0 Å². The molecule has 0 amide bonds. The molecule has 2 aromatic heterocycles. The van der Waals surface area contributed by atoms with E-state index in [0.29, 0.717) is 0 Å². The van der Waals surface area contributed by atoms with Gasteiger partial charge in [0.2, 0.25) is 0 Å². The molecule has 120 valence electrons. The topological polar surface area (TPSA) is 37.8 Å². The predicted octanol–water partition coefficient (Wildman–Crippen LogP) is 5.91. The Morgan fingerprint density at radius 3 is 2.52 bits per heavy atom. The Morgan fingerprint density at radius 1 is 1.04 bits per heavy atom. The summed E-state index contributed by atoms with van der Waals surface area (Å²) in [7, 11) is 0. The van der Waals surface area contributed by atoms with Gasteiger partial charge in [0, 0.05) is 11.9 Å². The van der Waals surface area contributed by atoms with Crippen LogP contribution in [0.25, 0.3) is 0 Å². The zero-order chi connectivity index (χ0) is 16.5. The Kier molecular flexibility index (Phi) is 7.10. The lowest BCUT2D eigenvalue weighted by Gasteiger charge is -2.00. The van der Waals surface area contributed by atoms with Crippen molar-refractivity contribution < 1.29 is 0 Å². The Balaban J connectivity index is 0.000000924. The number of aromatic nitrogens is 2. The van der Waals surface area contributed by atoms with Gasteiger partial charge in [-0.15, -0.1) is 11.8 Å². The van der Waals surface area contributed by atoms with Crippen molar-refractivity contribution in [1.29, 1.82) is 0 Å². The first-order valence-corrected chi connectivity index (χ1v) is 9.42. The molecule has 0 saturated heterocycles. The molecular weight excluding hydrogens is 322 g/mol. The molecule has 0 fully saturated rings. The molecule has 0 aliphatic heterocycles. The summed E-state index contributed by atoms with van der Waals surface area (Å²) in [5.41, 5.74) is 2.63. The lowest BCUT2D eigenvalue weighted by molar-refractivity contribution is 1.28. The minimum atomic E-state index is 0.821. The second-order valence-corrected chi connectivity index (χ2v) is 6.90. The highest BCUT2D eigenvalue weighted by atomic mass is 32.2. The number of hydrogen-bond donors (Lipinski definition) is 1. The van der Waals surface area contributed by atoms with Crippen LogP contribution in [0.3, 0.4) is 0 Å². The number of thiazole rings is 1. The van der Waals surface area contributed by atoms with Crippen LogP contribution in [-0.2, 0) is 5.75 Å². The van der Waals surface area contributed by atoms with E-state index in [4.69, 9.17) is 0 Å². The maximum atomic E-state index is 4.38. The molecule has 0 saturated carbocycles. The number of benzene rings is 1. The van der Waals surface area contributed by atoms with Crippen molar-refractivity contribution in [2.45, 2.75) is 30.7 Å². The highest BCUT2D eigenvalue weighted by Gasteiger charge is 2.04. The van der Waals surface area contributed by atoms with E-state index in [0.717, 1.165) is 16.7 Å². The van der Waals surface area contributed by atoms with Crippen LogP contribution in [0.15, 0.2) is 59.1 Å². The van der Waals surface area contributed by atoms with E-state index in [1.165, 1.54) is 15.3 Å². The maximum Gasteiger partial charge on any atom is 0.189 e. The standard InChI is InChI=1S/C16H15N3S2.C2H6/c1-12-5-7-13(8-6-12)11-20-15-10-18-16(21-15)19-14-4-2-3-9-17-14;1-2/h2-10H,11H2,1H3,(H,17,18,19);1-2H3. The van der Waals surface area contributed by atoms with Crippen LogP contribution in [0.2, 0.25) is 0 Å². The summed E-state index contributed by atoms with van der Waals surface area (Å²) >= 11 is 3.46. The van der Waals surface area contributed by atoms with E-state index in [1.54, 1.807) is 29.3 Å². The molecule has 5 heteroatoms. The van der Waals surface area contributed by atoms with Crippen molar-refractivity contribution in [3.8, 4) is 0 Å². The molecule has 0 aliphatic carbocycles. The third-order valence-electron chi connectivity index (χ3n) is 2.89. The number of anilines is 2. The fourth-order valence-electron chi connectivity index (χ4n) is 1.77. The molecule has 2 heterocycles. The number of rotatable bonds is 5. The summed E-state index contributed by atoms with van der Waals surface area (Å²) in [5, 5.41) is 4.09. The number of nitrogens with zero attached hydrogens (tertiary/aromatic N) is 2. The van der Waals surface area contributed by atoms with E-state index in [9.17, 15) is 0 Å². The van der Waals surface area contributed by atoms with Crippen LogP contribution < -0.4 is 5.32 Å². The zero-order valence-corrected chi connectivity index (χ0v) is 15.2. The van der Waals surface area contributed by atoms with Gasteiger partial charge in [0.05, 0.1) is 10.4 Å². The molecule has 23 heavy (non-hydrogen) atoms. The third-order valence-corrected chi connectivity index (χ3v) is 5.06. The molecular formula is C18H21N3S2. The minimum Gasteiger partial charge on any atom is -0.316 e.